The van der Waals surface area contributed by atoms with Crippen molar-refractivity contribution < 1.29 is 19.3 Å². The van der Waals surface area contributed by atoms with E-state index >= 15 is 0 Å². The highest BCUT2D eigenvalue weighted by Crippen LogP contribution is 2.41. The minimum Gasteiger partial charge on any atom is -0.493 e. The quantitative estimate of drug-likeness (QED) is 0.874. The highest BCUT2D eigenvalue weighted by atomic mass is 16.5. The highest BCUT2D eigenvalue weighted by molar-refractivity contribution is 5.71. The van der Waals surface area contributed by atoms with Crippen LogP contribution in [0.1, 0.15) is 18.4 Å². The van der Waals surface area contributed by atoms with Crippen molar-refractivity contribution in [3.05, 3.63) is 42.0 Å². The molecule has 1 fully saturated rings. The number of rotatable bonds is 5. The second kappa shape index (κ2) is 7.33. The largest absolute Gasteiger partial charge is 0.493 e. The second-order valence-electron chi connectivity index (χ2n) is 6.27. The van der Waals surface area contributed by atoms with Crippen molar-refractivity contribution in [1.29, 1.82) is 0 Å². The van der Waals surface area contributed by atoms with Crippen LogP contribution in [-0.2, 0) is 5.60 Å². The van der Waals surface area contributed by atoms with Crippen LogP contribution >= 0.6 is 0 Å². The van der Waals surface area contributed by atoms with Crippen molar-refractivity contribution in [2.75, 3.05) is 34.4 Å². The van der Waals surface area contributed by atoms with Crippen LogP contribution in [0.5, 0.6) is 17.2 Å². The monoisotopic (exact) mass is 343 g/mol. The van der Waals surface area contributed by atoms with Gasteiger partial charge in [-0.1, -0.05) is 24.3 Å². The molecule has 1 aliphatic rings. The number of nitrogens with one attached hydrogen (secondary N) is 1. The van der Waals surface area contributed by atoms with Crippen molar-refractivity contribution in [3.8, 4) is 28.4 Å². The normalized spacial score (nSPS) is 16.3. The Morgan fingerprint density at radius 1 is 0.840 bits per heavy atom. The van der Waals surface area contributed by atoms with E-state index in [9.17, 15) is 5.11 Å². The summed E-state index contributed by atoms with van der Waals surface area (Å²) < 4.78 is 16.2. The van der Waals surface area contributed by atoms with Crippen LogP contribution in [0.15, 0.2) is 36.4 Å². The van der Waals surface area contributed by atoms with Gasteiger partial charge >= 0.3 is 0 Å². The third-order valence-corrected chi connectivity index (χ3v) is 4.85. The summed E-state index contributed by atoms with van der Waals surface area (Å²) in [5.74, 6) is 1.82. The molecule has 1 heterocycles. The number of hydrogen-bond donors (Lipinski definition) is 2. The number of piperidine rings is 1. The molecular weight excluding hydrogens is 318 g/mol. The highest BCUT2D eigenvalue weighted by Gasteiger charge is 2.30. The summed E-state index contributed by atoms with van der Waals surface area (Å²) in [6.45, 7) is 1.68. The Morgan fingerprint density at radius 2 is 1.40 bits per heavy atom. The Hall–Kier alpha value is -2.24. The van der Waals surface area contributed by atoms with Gasteiger partial charge in [-0.25, -0.2) is 0 Å². The summed E-state index contributed by atoms with van der Waals surface area (Å²) in [5, 5.41) is 14.1. The van der Waals surface area contributed by atoms with Gasteiger partial charge in [0.2, 0.25) is 5.75 Å². The first-order chi connectivity index (χ1) is 12.1. The van der Waals surface area contributed by atoms with E-state index in [1.165, 1.54) is 0 Å². The van der Waals surface area contributed by atoms with Gasteiger partial charge in [0.1, 0.15) is 0 Å². The zero-order valence-electron chi connectivity index (χ0n) is 15.0. The summed E-state index contributed by atoms with van der Waals surface area (Å²) in [6.07, 6.45) is 1.47. The molecule has 0 saturated carbocycles. The molecule has 0 spiro atoms. The molecule has 5 heteroatoms. The maximum absolute atomic E-state index is 10.8. The van der Waals surface area contributed by atoms with Gasteiger partial charge in [-0.3, -0.25) is 0 Å². The Labute approximate surface area is 148 Å². The molecule has 2 N–H and O–H groups in total. The topological polar surface area (TPSA) is 60.0 Å². The van der Waals surface area contributed by atoms with Gasteiger partial charge in [0.25, 0.3) is 0 Å². The van der Waals surface area contributed by atoms with Gasteiger partial charge in [-0.15, -0.1) is 0 Å². The molecule has 25 heavy (non-hydrogen) atoms. The fourth-order valence-electron chi connectivity index (χ4n) is 3.35. The van der Waals surface area contributed by atoms with Crippen LogP contribution in [0.4, 0.5) is 0 Å². The molecule has 0 aromatic heterocycles. The van der Waals surface area contributed by atoms with Crippen LogP contribution in [0.25, 0.3) is 11.1 Å². The summed E-state index contributed by atoms with van der Waals surface area (Å²) in [5.41, 5.74) is 2.23. The average molecular weight is 343 g/mol. The maximum atomic E-state index is 10.8. The summed E-state index contributed by atoms with van der Waals surface area (Å²) in [4.78, 5) is 0. The minimum absolute atomic E-state index is 0.578. The standard InChI is InChI=1S/C20H25NO4/c1-23-17-12-15(13-18(24-2)19(17)25-3)14-4-6-16(7-5-14)20(22)8-10-21-11-9-20/h4-7,12-13,21-22H,8-11H2,1-3H3. The molecule has 0 amide bonds. The summed E-state index contributed by atoms with van der Waals surface area (Å²) in [7, 11) is 4.81. The third-order valence-electron chi connectivity index (χ3n) is 4.85. The fourth-order valence-corrected chi connectivity index (χ4v) is 3.35. The van der Waals surface area contributed by atoms with E-state index in [4.69, 9.17) is 14.2 Å². The molecule has 0 atom stereocenters. The first-order valence-corrected chi connectivity index (χ1v) is 8.45. The number of aliphatic hydroxyl groups is 1. The molecule has 1 saturated heterocycles. The van der Waals surface area contributed by atoms with Gasteiger partial charge in [0.15, 0.2) is 11.5 Å². The van der Waals surface area contributed by atoms with Crippen LogP contribution in [0, 0.1) is 0 Å². The van der Waals surface area contributed by atoms with Gasteiger partial charge in [-0.2, -0.15) is 0 Å². The lowest BCUT2D eigenvalue weighted by atomic mass is 9.84. The van der Waals surface area contributed by atoms with Crippen LogP contribution in [0.3, 0.4) is 0 Å². The molecular formula is C20H25NO4. The molecule has 0 aliphatic carbocycles. The van der Waals surface area contributed by atoms with Crippen molar-refractivity contribution in [3.63, 3.8) is 0 Å². The lowest BCUT2D eigenvalue weighted by molar-refractivity contribution is 0.00595. The zero-order chi connectivity index (χ0) is 17.9. The third kappa shape index (κ3) is 3.43. The Balaban J connectivity index is 1.94. The first kappa shape index (κ1) is 17.6. The molecule has 0 radical (unpaired) electrons. The minimum atomic E-state index is -0.737. The predicted molar refractivity (Wildman–Crippen MR) is 97.5 cm³/mol. The van der Waals surface area contributed by atoms with E-state index in [0.29, 0.717) is 17.2 Å². The number of benzene rings is 2. The first-order valence-electron chi connectivity index (χ1n) is 8.45. The van der Waals surface area contributed by atoms with E-state index < -0.39 is 5.60 Å². The lowest BCUT2D eigenvalue weighted by Gasteiger charge is -2.33. The molecule has 2 aromatic rings. The van der Waals surface area contributed by atoms with E-state index in [1.807, 2.05) is 36.4 Å². The van der Waals surface area contributed by atoms with Crippen molar-refractivity contribution in [1.82, 2.24) is 5.32 Å². The lowest BCUT2D eigenvalue weighted by Crippen LogP contribution is -2.39. The number of hydrogen-bond acceptors (Lipinski definition) is 5. The Bertz CT molecular complexity index is 696. The summed E-state index contributed by atoms with van der Waals surface area (Å²) >= 11 is 0. The zero-order valence-corrected chi connectivity index (χ0v) is 15.0. The smallest absolute Gasteiger partial charge is 0.203 e. The SMILES string of the molecule is COc1cc(-c2ccc(C3(O)CCNCC3)cc2)cc(OC)c1OC. The van der Waals surface area contributed by atoms with Gasteiger partial charge in [0.05, 0.1) is 26.9 Å². The number of methoxy groups -OCH3 is 3. The van der Waals surface area contributed by atoms with E-state index in [-0.39, 0.29) is 0 Å². The van der Waals surface area contributed by atoms with E-state index in [0.717, 1.165) is 42.6 Å². The molecule has 2 aromatic carbocycles. The van der Waals surface area contributed by atoms with Crippen LogP contribution in [-0.4, -0.2) is 39.5 Å². The molecule has 134 valence electrons. The fraction of sp³-hybridized carbons (Fsp3) is 0.400. The molecule has 0 bridgehead atoms. The summed E-state index contributed by atoms with van der Waals surface area (Å²) in [6, 6.07) is 11.9. The average Bonchev–Trinajstić information content (AvgIpc) is 2.67. The van der Waals surface area contributed by atoms with Crippen molar-refractivity contribution >= 4 is 0 Å². The van der Waals surface area contributed by atoms with Crippen molar-refractivity contribution in [2.24, 2.45) is 0 Å². The predicted octanol–water partition coefficient (Wildman–Crippen LogP) is 2.95. The molecule has 3 rings (SSSR count). The van der Waals surface area contributed by atoms with Crippen LogP contribution < -0.4 is 19.5 Å². The Kier molecular flexibility index (Phi) is 5.16. The van der Waals surface area contributed by atoms with E-state index in [1.54, 1.807) is 21.3 Å². The van der Waals surface area contributed by atoms with Gasteiger partial charge < -0.3 is 24.6 Å². The number of ether oxygens (including phenoxy) is 3. The van der Waals surface area contributed by atoms with Gasteiger partial charge in [-0.05, 0) is 54.8 Å². The molecule has 0 unspecified atom stereocenters. The van der Waals surface area contributed by atoms with E-state index in [2.05, 4.69) is 5.32 Å². The molecule has 5 nitrogen and oxygen atoms in total. The second-order valence-corrected chi connectivity index (χ2v) is 6.27. The molecule has 1 aliphatic heterocycles. The van der Waals surface area contributed by atoms with Crippen LogP contribution in [0.2, 0.25) is 0 Å². The Morgan fingerprint density at radius 3 is 1.88 bits per heavy atom. The van der Waals surface area contributed by atoms with Gasteiger partial charge in [0, 0.05) is 0 Å². The maximum Gasteiger partial charge on any atom is 0.203 e. The van der Waals surface area contributed by atoms with Crippen molar-refractivity contribution in [2.45, 2.75) is 18.4 Å².